The van der Waals surface area contributed by atoms with E-state index in [0.29, 0.717) is 13.2 Å². The normalized spacial score (nSPS) is 14.8. The summed E-state index contributed by atoms with van der Waals surface area (Å²) >= 11 is 0. The van der Waals surface area contributed by atoms with Gasteiger partial charge in [-0.25, -0.2) is 13.2 Å². The number of carbonyl (C=O) groups excluding carboxylic acids is 2. The monoisotopic (exact) mass is 434 g/mol. The predicted molar refractivity (Wildman–Crippen MR) is 104 cm³/mol. The van der Waals surface area contributed by atoms with E-state index in [9.17, 15) is 28.1 Å². The summed E-state index contributed by atoms with van der Waals surface area (Å²) in [6, 6.07) is 10.2. The van der Waals surface area contributed by atoms with Gasteiger partial charge in [-0.15, -0.1) is 0 Å². The summed E-state index contributed by atoms with van der Waals surface area (Å²) < 4.78 is 36.6. The first-order valence-corrected chi connectivity index (χ1v) is 10.4. The van der Waals surface area contributed by atoms with Crippen molar-refractivity contribution in [3.05, 3.63) is 69.8 Å². The van der Waals surface area contributed by atoms with Crippen LogP contribution in [0.25, 0.3) is 0 Å². The van der Waals surface area contributed by atoms with E-state index in [1.54, 1.807) is 0 Å². The van der Waals surface area contributed by atoms with Crippen LogP contribution in [0.3, 0.4) is 0 Å². The van der Waals surface area contributed by atoms with Crippen LogP contribution in [-0.2, 0) is 19.5 Å². The fourth-order valence-corrected chi connectivity index (χ4v) is 4.17. The Morgan fingerprint density at radius 2 is 1.57 bits per heavy atom. The molecule has 0 amide bonds. The van der Waals surface area contributed by atoms with Gasteiger partial charge in [-0.1, -0.05) is 0 Å². The number of sulfonamides is 1. The molecule has 158 valence electrons. The summed E-state index contributed by atoms with van der Waals surface area (Å²) in [5.74, 6) is -1.31. The van der Waals surface area contributed by atoms with Crippen molar-refractivity contribution in [3.63, 3.8) is 0 Å². The summed E-state index contributed by atoms with van der Waals surface area (Å²) in [6.45, 7) is 0.622. The Morgan fingerprint density at radius 1 is 1.00 bits per heavy atom. The van der Waals surface area contributed by atoms with E-state index in [-0.39, 0.29) is 34.8 Å². The molecule has 0 saturated carbocycles. The van der Waals surface area contributed by atoms with Crippen LogP contribution in [0.2, 0.25) is 0 Å². The lowest BCUT2D eigenvalue weighted by Crippen LogP contribution is -2.40. The molecule has 1 saturated heterocycles. The molecule has 2 aromatic rings. The van der Waals surface area contributed by atoms with Gasteiger partial charge in [-0.2, -0.15) is 4.31 Å². The third-order valence-corrected chi connectivity index (χ3v) is 6.35. The lowest BCUT2D eigenvalue weighted by Gasteiger charge is -2.26. The van der Waals surface area contributed by atoms with Crippen molar-refractivity contribution in [2.75, 3.05) is 32.9 Å². The Labute approximate surface area is 172 Å². The Morgan fingerprint density at radius 3 is 2.13 bits per heavy atom. The Hall–Kier alpha value is -3.15. The van der Waals surface area contributed by atoms with Crippen molar-refractivity contribution in [1.82, 2.24) is 4.31 Å². The van der Waals surface area contributed by atoms with Crippen LogP contribution in [0, 0.1) is 10.1 Å². The predicted octanol–water partition coefficient (Wildman–Crippen LogP) is 1.66. The standard InChI is InChI=1S/C19H18N2O8S/c22-18(14-1-5-16(6-2-14)21(24)25)13-29-19(23)15-3-7-17(8-4-15)30(26,27)20-9-11-28-12-10-20/h1-8H,9-13H2. The van der Waals surface area contributed by atoms with E-state index in [0.717, 1.165) is 0 Å². The van der Waals surface area contributed by atoms with Gasteiger partial charge in [0.1, 0.15) is 0 Å². The van der Waals surface area contributed by atoms with E-state index < -0.39 is 33.3 Å². The van der Waals surface area contributed by atoms with Crippen molar-refractivity contribution in [1.29, 1.82) is 0 Å². The van der Waals surface area contributed by atoms with Gasteiger partial charge in [0.05, 0.1) is 28.6 Å². The largest absolute Gasteiger partial charge is 0.454 e. The van der Waals surface area contributed by atoms with Gasteiger partial charge in [0.25, 0.3) is 5.69 Å². The maximum absolute atomic E-state index is 12.6. The Kier molecular flexibility index (Phi) is 6.55. The fourth-order valence-electron chi connectivity index (χ4n) is 2.77. The van der Waals surface area contributed by atoms with Crippen LogP contribution in [0.4, 0.5) is 5.69 Å². The van der Waals surface area contributed by atoms with Gasteiger partial charge >= 0.3 is 5.97 Å². The molecule has 0 bridgehead atoms. The van der Waals surface area contributed by atoms with Gasteiger partial charge < -0.3 is 9.47 Å². The van der Waals surface area contributed by atoms with Crippen LogP contribution in [0.1, 0.15) is 20.7 Å². The van der Waals surface area contributed by atoms with E-state index in [1.165, 1.54) is 52.8 Å². The number of nitro benzene ring substituents is 1. The van der Waals surface area contributed by atoms with Gasteiger partial charge in [0, 0.05) is 30.8 Å². The number of nitrogens with zero attached hydrogens (tertiary/aromatic N) is 2. The molecule has 1 aliphatic rings. The second kappa shape index (κ2) is 9.11. The number of hydrogen-bond donors (Lipinski definition) is 0. The molecule has 3 rings (SSSR count). The minimum Gasteiger partial charge on any atom is -0.454 e. The van der Waals surface area contributed by atoms with Crippen LogP contribution >= 0.6 is 0 Å². The highest BCUT2D eigenvalue weighted by molar-refractivity contribution is 7.89. The maximum atomic E-state index is 12.6. The number of Topliss-reactive ketones (excluding diaryl/α,β-unsaturated/α-hetero) is 1. The average Bonchev–Trinajstić information content (AvgIpc) is 2.78. The number of ketones is 1. The lowest BCUT2D eigenvalue weighted by atomic mass is 10.1. The highest BCUT2D eigenvalue weighted by atomic mass is 32.2. The molecule has 10 nitrogen and oxygen atoms in total. The summed E-state index contributed by atoms with van der Waals surface area (Å²) in [4.78, 5) is 34.3. The molecular weight excluding hydrogens is 416 g/mol. The quantitative estimate of drug-likeness (QED) is 0.278. The lowest BCUT2D eigenvalue weighted by molar-refractivity contribution is -0.384. The molecule has 2 aromatic carbocycles. The molecule has 30 heavy (non-hydrogen) atoms. The molecule has 1 aliphatic heterocycles. The number of morpholine rings is 1. The number of esters is 1. The molecule has 1 fully saturated rings. The fraction of sp³-hybridized carbons (Fsp3) is 0.263. The van der Waals surface area contributed by atoms with Gasteiger partial charge in [-0.05, 0) is 36.4 Å². The minimum absolute atomic E-state index is 0.0444. The van der Waals surface area contributed by atoms with Crippen molar-refractivity contribution in [2.45, 2.75) is 4.90 Å². The number of carbonyl (C=O) groups is 2. The molecule has 11 heteroatoms. The first kappa shape index (κ1) is 21.6. The molecule has 0 N–H and O–H groups in total. The maximum Gasteiger partial charge on any atom is 0.338 e. The zero-order valence-corrected chi connectivity index (χ0v) is 16.5. The molecule has 0 aliphatic carbocycles. The topological polar surface area (TPSA) is 133 Å². The van der Waals surface area contributed by atoms with Crippen LogP contribution in [0.5, 0.6) is 0 Å². The Bertz CT molecular complexity index is 1040. The first-order valence-electron chi connectivity index (χ1n) is 8.92. The first-order chi connectivity index (χ1) is 14.3. The van der Waals surface area contributed by atoms with Crippen LogP contribution < -0.4 is 0 Å². The van der Waals surface area contributed by atoms with Crippen LogP contribution in [-0.4, -0.2) is 62.3 Å². The van der Waals surface area contributed by atoms with Gasteiger partial charge in [-0.3, -0.25) is 14.9 Å². The van der Waals surface area contributed by atoms with Gasteiger partial charge in [0.15, 0.2) is 12.4 Å². The van der Waals surface area contributed by atoms with E-state index >= 15 is 0 Å². The summed E-state index contributed by atoms with van der Waals surface area (Å²) in [5, 5.41) is 10.6. The third kappa shape index (κ3) is 4.87. The minimum atomic E-state index is -3.68. The number of benzene rings is 2. The zero-order valence-electron chi connectivity index (χ0n) is 15.7. The molecule has 0 atom stereocenters. The Balaban J connectivity index is 1.60. The molecule has 0 spiro atoms. The molecule has 0 aromatic heterocycles. The summed E-state index contributed by atoms with van der Waals surface area (Å²) in [7, 11) is -3.68. The third-order valence-electron chi connectivity index (χ3n) is 4.43. The van der Waals surface area contributed by atoms with Crippen LogP contribution in [0.15, 0.2) is 53.4 Å². The molecule has 0 radical (unpaired) electrons. The number of ether oxygens (including phenoxy) is 2. The van der Waals surface area contributed by atoms with E-state index in [2.05, 4.69) is 0 Å². The number of non-ortho nitro benzene ring substituents is 1. The van der Waals surface area contributed by atoms with E-state index in [1.807, 2.05) is 0 Å². The molecule has 0 unspecified atom stereocenters. The highest BCUT2D eigenvalue weighted by Gasteiger charge is 2.26. The average molecular weight is 434 g/mol. The molecular formula is C19H18N2O8S. The number of rotatable bonds is 7. The van der Waals surface area contributed by atoms with E-state index in [4.69, 9.17) is 9.47 Å². The summed E-state index contributed by atoms with van der Waals surface area (Å²) in [6.07, 6.45) is 0. The summed E-state index contributed by atoms with van der Waals surface area (Å²) in [5.41, 5.74) is 0.100. The number of hydrogen-bond acceptors (Lipinski definition) is 8. The smallest absolute Gasteiger partial charge is 0.338 e. The zero-order chi connectivity index (χ0) is 21.7. The highest BCUT2D eigenvalue weighted by Crippen LogP contribution is 2.18. The van der Waals surface area contributed by atoms with Crippen molar-refractivity contribution in [2.24, 2.45) is 0 Å². The van der Waals surface area contributed by atoms with Crippen molar-refractivity contribution in [3.8, 4) is 0 Å². The van der Waals surface area contributed by atoms with Gasteiger partial charge in [0.2, 0.25) is 10.0 Å². The molecule has 1 heterocycles. The number of nitro groups is 1. The second-order valence-corrected chi connectivity index (χ2v) is 8.28. The van der Waals surface area contributed by atoms with Crippen molar-refractivity contribution < 1.29 is 32.4 Å². The second-order valence-electron chi connectivity index (χ2n) is 6.34. The SMILES string of the molecule is O=C(COC(=O)c1ccc(S(=O)(=O)N2CCOCC2)cc1)c1ccc([N+](=O)[O-])cc1. The van der Waals surface area contributed by atoms with Crippen molar-refractivity contribution >= 4 is 27.5 Å².